The first-order chi connectivity index (χ1) is 14.5. The van der Waals surface area contributed by atoms with E-state index < -0.39 is 27.4 Å². The maximum atomic E-state index is 13.5. The zero-order chi connectivity index (χ0) is 23.0. The van der Waals surface area contributed by atoms with Crippen LogP contribution in [0.1, 0.15) is 41.3 Å². The fourth-order valence-corrected chi connectivity index (χ4v) is 4.66. The lowest BCUT2D eigenvalue weighted by molar-refractivity contribution is -0.125. The summed E-state index contributed by atoms with van der Waals surface area (Å²) in [6, 6.07) is 8.74. The SMILES string of the molecule is CNC(=O)c1cc(Cl)ncc1NC(=O)C1(c2ccccc2C(C)C)CN(S(N)(=O)=O)C1. The van der Waals surface area contributed by atoms with Gasteiger partial charge in [0.05, 0.1) is 17.4 Å². The highest BCUT2D eigenvalue weighted by atomic mass is 35.5. The highest BCUT2D eigenvalue weighted by Gasteiger charge is 2.54. The maximum Gasteiger partial charge on any atom is 0.276 e. The molecular weight excluding hydrogens is 442 g/mol. The summed E-state index contributed by atoms with van der Waals surface area (Å²) in [6.07, 6.45) is 1.29. The van der Waals surface area contributed by atoms with E-state index in [1.54, 1.807) is 6.07 Å². The van der Waals surface area contributed by atoms with Gasteiger partial charge in [0, 0.05) is 20.1 Å². The smallest absolute Gasteiger partial charge is 0.276 e. The highest BCUT2D eigenvalue weighted by molar-refractivity contribution is 7.86. The molecule has 0 atom stereocenters. The Hall–Kier alpha value is -2.53. The van der Waals surface area contributed by atoms with Crippen LogP contribution < -0.4 is 15.8 Å². The minimum Gasteiger partial charge on any atom is -0.355 e. The zero-order valence-corrected chi connectivity index (χ0v) is 18.9. The molecule has 0 radical (unpaired) electrons. The van der Waals surface area contributed by atoms with Gasteiger partial charge in [-0.15, -0.1) is 0 Å². The number of benzene rings is 1. The number of pyridine rings is 1. The lowest BCUT2D eigenvalue weighted by atomic mass is 9.71. The largest absolute Gasteiger partial charge is 0.355 e. The van der Waals surface area contributed by atoms with Crippen LogP contribution in [0.5, 0.6) is 0 Å². The molecule has 1 aromatic carbocycles. The molecule has 1 aromatic heterocycles. The van der Waals surface area contributed by atoms with E-state index in [2.05, 4.69) is 15.6 Å². The molecule has 1 aliphatic rings. The average Bonchev–Trinajstić information content (AvgIpc) is 2.67. The van der Waals surface area contributed by atoms with Crippen LogP contribution in [-0.4, -0.2) is 49.7 Å². The van der Waals surface area contributed by atoms with Gasteiger partial charge < -0.3 is 10.6 Å². The Morgan fingerprint density at radius 3 is 2.48 bits per heavy atom. The van der Waals surface area contributed by atoms with Gasteiger partial charge in [-0.3, -0.25) is 9.59 Å². The third-order valence-corrected chi connectivity index (χ3v) is 6.56. The summed E-state index contributed by atoms with van der Waals surface area (Å²) < 4.78 is 24.7. The molecule has 2 aromatic rings. The van der Waals surface area contributed by atoms with Gasteiger partial charge in [-0.25, -0.2) is 10.1 Å². The van der Waals surface area contributed by atoms with E-state index in [0.717, 1.165) is 9.87 Å². The molecule has 9 nitrogen and oxygen atoms in total. The van der Waals surface area contributed by atoms with Gasteiger partial charge in [0.2, 0.25) is 5.91 Å². The Bertz CT molecular complexity index is 1130. The van der Waals surface area contributed by atoms with Crippen LogP contribution in [0, 0.1) is 0 Å². The summed E-state index contributed by atoms with van der Waals surface area (Å²) in [5.74, 6) is -0.811. The summed E-state index contributed by atoms with van der Waals surface area (Å²) in [5.41, 5.74) is 0.778. The Morgan fingerprint density at radius 1 is 1.26 bits per heavy atom. The molecule has 0 unspecified atom stereocenters. The minimum atomic E-state index is -3.96. The van der Waals surface area contributed by atoms with Crippen molar-refractivity contribution in [2.45, 2.75) is 25.2 Å². The van der Waals surface area contributed by atoms with Crippen molar-refractivity contribution in [2.75, 3.05) is 25.5 Å². The minimum absolute atomic E-state index is 0.0977. The van der Waals surface area contributed by atoms with Crippen molar-refractivity contribution >= 4 is 39.3 Å². The molecule has 31 heavy (non-hydrogen) atoms. The van der Waals surface area contributed by atoms with Crippen molar-refractivity contribution in [1.82, 2.24) is 14.6 Å². The van der Waals surface area contributed by atoms with Crippen LogP contribution >= 0.6 is 11.6 Å². The summed E-state index contributed by atoms with van der Waals surface area (Å²) in [6.45, 7) is 3.76. The first kappa shape index (κ1) is 23.1. The topological polar surface area (TPSA) is 134 Å². The average molecular weight is 466 g/mol. The summed E-state index contributed by atoms with van der Waals surface area (Å²) >= 11 is 5.91. The summed E-state index contributed by atoms with van der Waals surface area (Å²) in [4.78, 5) is 29.7. The van der Waals surface area contributed by atoms with Crippen molar-refractivity contribution < 1.29 is 18.0 Å². The Labute approximate surface area is 186 Å². The first-order valence-electron chi connectivity index (χ1n) is 9.56. The summed E-state index contributed by atoms with van der Waals surface area (Å²) in [5, 5.41) is 10.6. The van der Waals surface area contributed by atoms with Gasteiger partial charge in [0.15, 0.2) is 0 Å². The number of nitrogens with one attached hydrogen (secondary N) is 2. The molecule has 1 aliphatic heterocycles. The molecule has 4 N–H and O–H groups in total. The molecule has 2 amide bonds. The number of carbonyl (C=O) groups excluding carboxylic acids is 2. The molecule has 166 valence electrons. The predicted octanol–water partition coefficient (Wildman–Crippen LogP) is 1.61. The normalized spacial score (nSPS) is 15.9. The van der Waals surface area contributed by atoms with Crippen LogP contribution in [0.25, 0.3) is 0 Å². The highest BCUT2D eigenvalue weighted by Crippen LogP contribution is 2.40. The van der Waals surface area contributed by atoms with Gasteiger partial charge in [0.25, 0.3) is 16.1 Å². The first-order valence-corrected chi connectivity index (χ1v) is 11.4. The number of carbonyl (C=O) groups is 2. The van der Waals surface area contributed by atoms with Crippen LogP contribution in [0.3, 0.4) is 0 Å². The van der Waals surface area contributed by atoms with Gasteiger partial charge in [-0.2, -0.15) is 12.7 Å². The third-order valence-electron chi connectivity index (χ3n) is 5.38. The molecule has 2 heterocycles. The molecule has 3 rings (SSSR count). The van der Waals surface area contributed by atoms with E-state index in [9.17, 15) is 18.0 Å². The molecule has 1 saturated heterocycles. The molecule has 0 aliphatic carbocycles. The second-order valence-corrected chi connectivity index (χ2v) is 9.66. The standard InChI is InChI=1S/C20H24ClN5O4S/c1-12(2)13-6-4-5-7-15(13)20(10-26(11-20)31(22,29)30)19(28)25-16-9-24-17(21)8-14(16)18(27)23-3/h4-9,12H,10-11H2,1-3H3,(H,23,27)(H,25,28)(H2,22,29,30). The monoisotopic (exact) mass is 465 g/mol. The molecule has 11 heteroatoms. The number of anilines is 1. The van der Waals surface area contributed by atoms with Gasteiger partial charge >= 0.3 is 0 Å². The molecule has 0 spiro atoms. The Kier molecular flexibility index (Phi) is 6.38. The van der Waals surface area contributed by atoms with E-state index >= 15 is 0 Å². The lowest BCUT2D eigenvalue weighted by Crippen LogP contribution is -2.67. The van der Waals surface area contributed by atoms with Crippen LogP contribution in [-0.2, 0) is 20.4 Å². The van der Waals surface area contributed by atoms with Crippen molar-refractivity contribution in [1.29, 1.82) is 0 Å². The van der Waals surface area contributed by atoms with E-state index in [4.69, 9.17) is 16.7 Å². The number of hydrogen-bond donors (Lipinski definition) is 3. The van der Waals surface area contributed by atoms with E-state index in [-0.39, 0.29) is 35.4 Å². The van der Waals surface area contributed by atoms with Crippen molar-refractivity contribution in [3.8, 4) is 0 Å². The third kappa shape index (κ3) is 4.42. The lowest BCUT2D eigenvalue weighted by Gasteiger charge is -2.48. The van der Waals surface area contributed by atoms with E-state index in [1.807, 2.05) is 32.0 Å². The van der Waals surface area contributed by atoms with E-state index in [1.165, 1.54) is 19.3 Å². The van der Waals surface area contributed by atoms with Crippen molar-refractivity contribution in [3.63, 3.8) is 0 Å². The fourth-order valence-electron chi connectivity index (χ4n) is 3.70. The number of amides is 2. The second kappa shape index (κ2) is 8.54. The fraction of sp³-hybridized carbons (Fsp3) is 0.350. The quantitative estimate of drug-likeness (QED) is 0.557. The zero-order valence-electron chi connectivity index (χ0n) is 17.3. The summed E-state index contributed by atoms with van der Waals surface area (Å²) in [7, 11) is -2.50. The van der Waals surface area contributed by atoms with Gasteiger partial charge in [-0.1, -0.05) is 49.7 Å². The maximum absolute atomic E-state index is 13.5. The number of nitrogens with two attached hydrogens (primary N) is 1. The molecule has 0 saturated carbocycles. The van der Waals surface area contributed by atoms with Crippen LogP contribution in [0.2, 0.25) is 5.15 Å². The second-order valence-electron chi connectivity index (χ2n) is 7.72. The number of nitrogens with zero attached hydrogens (tertiary/aromatic N) is 2. The molecule has 1 fully saturated rings. The van der Waals surface area contributed by atoms with Gasteiger partial charge in [-0.05, 0) is 23.1 Å². The Morgan fingerprint density at radius 2 is 1.90 bits per heavy atom. The number of halogens is 1. The van der Waals surface area contributed by atoms with Crippen LogP contribution in [0.15, 0.2) is 36.5 Å². The van der Waals surface area contributed by atoms with Gasteiger partial charge in [0.1, 0.15) is 10.6 Å². The van der Waals surface area contributed by atoms with Crippen molar-refractivity contribution in [3.05, 3.63) is 58.4 Å². The number of rotatable bonds is 6. The Balaban J connectivity index is 2.05. The van der Waals surface area contributed by atoms with Crippen LogP contribution in [0.4, 0.5) is 5.69 Å². The van der Waals surface area contributed by atoms with Crippen molar-refractivity contribution in [2.24, 2.45) is 5.14 Å². The number of aromatic nitrogens is 1. The van der Waals surface area contributed by atoms with E-state index in [0.29, 0.717) is 5.56 Å². The molecular formula is C20H24ClN5O4S. The number of hydrogen-bond acceptors (Lipinski definition) is 5. The predicted molar refractivity (Wildman–Crippen MR) is 118 cm³/mol. The molecule has 0 bridgehead atoms.